The molecule has 21 nitrogen and oxygen atoms in total. The molecule has 21 heteroatoms. The fourth-order valence-electron chi connectivity index (χ4n) is 8.28. The number of primary amides is 2. The summed E-state index contributed by atoms with van der Waals surface area (Å²) >= 11 is 0. The normalized spacial score (nSPS) is 15.0. The molecule has 1 aliphatic rings. The Morgan fingerprint density at radius 1 is 0.739 bits per heavy atom. The molecule has 2 aromatic carbocycles. The van der Waals surface area contributed by atoms with E-state index in [4.69, 9.17) is 35.6 Å². The number of imidazole rings is 2. The molecule has 1 fully saturated rings. The minimum Gasteiger partial charge on any atom is -0.494 e. The summed E-state index contributed by atoms with van der Waals surface area (Å²) < 4.78 is 24.9. The van der Waals surface area contributed by atoms with Crippen LogP contribution in [0.15, 0.2) is 60.7 Å². The van der Waals surface area contributed by atoms with Crippen molar-refractivity contribution in [1.82, 2.24) is 48.9 Å². The fraction of sp³-hybridized carbons (Fsp3) is 0.417. The van der Waals surface area contributed by atoms with Crippen LogP contribution in [-0.2, 0) is 30.9 Å². The Balaban J connectivity index is 0.00000386. The third kappa shape index (κ3) is 11.7. The first kappa shape index (κ1) is 51.0. The van der Waals surface area contributed by atoms with Gasteiger partial charge in [0.1, 0.15) is 40.5 Å². The van der Waals surface area contributed by atoms with Gasteiger partial charge in [0, 0.05) is 56.4 Å². The molecule has 1 saturated heterocycles. The molecule has 0 spiro atoms. The van der Waals surface area contributed by atoms with Crippen molar-refractivity contribution in [2.75, 3.05) is 58.1 Å². The van der Waals surface area contributed by atoms with Crippen LogP contribution in [0.1, 0.15) is 87.2 Å². The number of likely N-dealkylation sites (N-methyl/N-ethyl adjacent to an activating group) is 2. The highest BCUT2D eigenvalue weighted by molar-refractivity contribution is 6.05. The van der Waals surface area contributed by atoms with E-state index < -0.39 is 23.6 Å². The Bertz CT molecular complexity index is 2870. The molecular weight excluding hydrogens is 885 g/mol. The molecule has 7 N–H and O–H groups in total. The summed E-state index contributed by atoms with van der Waals surface area (Å²) in [7, 11) is 5.51. The number of anilines is 2. The Morgan fingerprint density at radius 2 is 1.23 bits per heavy atom. The molecule has 5 heterocycles. The first-order valence-electron chi connectivity index (χ1n) is 23.1. The van der Waals surface area contributed by atoms with E-state index in [1.165, 1.54) is 19.2 Å². The van der Waals surface area contributed by atoms with E-state index in [0.29, 0.717) is 82.1 Å². The van der Waals surface area contributed by atoms with Gasteiger partial charge in [-0.25, -0.2) is 9.97 Å². The molecule has 0 radical (unpaired) electrons. The highest BCUT2D eigenvalue weighted by Crippen LogP contribution is 2.33. The molecule has 6 aromatic rings. The van der Waals surface area contributed by atoms with Crippen molar-refractivity contribution < 1.29 is 33.4 Å². The lowest BCUT2D eigenvalue weighted by Crippen LogP contribution is -2.33. The molecule has 1 aliphatic heterocycles. The number of likely N-dealkylation sites (tertiary alicyclic amines) is 1. The number of hydrogen-bond donors (Lipinski definition) is 5. The second-order valence-corrected chi connectivity index (χ2v) is 16.2. The van der Waals surface area contributed by atoms with Gasteiger partial charge in [-0.15, -0.1) is 0 Å². The van der Waals surface area contributed by atoms with Crippen molar-refractivity contribution in [3.05, 3.63) is 94.6 Å². The van der Waals surface area contributed by atoms with Crippen molar-refractivity contribution in [3.63, 3.8) is 0 Å². The zero-order valence-electron chi connectivity index (χ0n) is 40.8. The number of fused-ring (bicyclic) bond motifs is 2. The Labute approximate surface area is 400 Å². The van der Waals surface area contributed by atoms with Gasteiger partial charge < -0.3 is 40.1 Å². The van der Waals surface area contributed by atoms with E-state index in [1.54, 1.807) is 56.6 Å². The molecule has 7 rings (SSSR count). The smallest absolute Gasteiger partial charge is 0.276 e. The van der Waals surface area contributed by atoms with Gasteiger partial charge in [-0.2, -0.15) is 10.2 Å². The summed E-state index contributed by atoms with van der Waals surface area (Å²) in [4.78, 5) is 64.3. The van der Waals surface area contributed by atoms with Crippen molar-refractivity contribution in [2.24, 2.45) is 11.5 Å². The maximum absolute atomic E-state index is 13.9. The van der Waals surface area contributed by atoms with Gasteiger partial charge in [0.05, 0.1) is 42.2 Å². The van der Waals surface area contributed by atoms with Crippen molar-refractivity contribution in [2.45, 2.75) is 86.3 Å². The summed E-state index contributed by atoms with van der Waals surface area (Å²) in [5, 5.41) is 18.0. The average molecular weight is 949 g/mol. The monoisotopic (exact) mass is 949 g/mol. The van der Waals surface area contributed by atoms with E-state index >= 15 is 0 Å². The van der Waals surface area contributed by atoms with Crippen LogP contribution < -0.4 is 36.9 Å². The molecule has 2 atom stereocenters. The predicted molar refractivity (Wildman–Crippen MR) is 264 cm³/mol. The zero-order valence-corrected chi connectivity index (χ0v) is 40.8. The van der Waals surface area contributed by atoms with Crippen molar-refractivity contribution >= 4 is 57.6 Å². The Kier molecular flexibility index (Phi) is 17.1. The number of ether oxygens (including phenoxy) is 3. The molecule has 0 bridgehead atoms. The van der Waals surface area contributed by atoms with E-state index in [1.807, 2.05) is 59.0 Å². The number of aryl methyl sites for hydroxylation is 4. The van der Waals surface area contributed by atoms with Gasteiger partial charge in [0.15, 0.2) is 0 Å². The van der Waals surface area contributed by atoms with Gasteiger partial charge in [-0.3, -0.25) is 44.1 Å². The number of nitrogens with one attached hydrogen (secondary N) is 3. The Hall–Kier alpha value is -7.36. The number of amides is 4. The van der Waals surface area contributed by atoms with Crippen LogP contribution in [0.25, 0.3) is 22.1 Å². The summed E-state index contributed by atoms with van der Waals surface area (Å²) in [6.07, 6.45) is 8.48. The number of nitrogens with zero attached hydrogens (tertiary/aromatic N) is 9. The SMILES string of the molecule is CC.CCn1nc(C)cc1C(=O)Nc1nc2cc(C(N)=O)cc(OC)c2n1C/C=C/Cn1c(NC(=O)c2cc(C)nn2CC)nc2cc(C(N)=O)cc(OC/C=C/COC3CC(CNC)N(C)C3)c21. The predicted octanol–water partition coefficient (Wildman–Crippen LogP) is 4.67. The summed E-state index contributed by atoms with van der Waals surface area (Å²) in [5.41, 5.74) is 15.5. The number of benzene rings is 2. The molecular formula is C48H64N14O7. The molecule has 69 heavy (non-hydrogen) atoms. The maximum Gasteiger partial charge on any atom is 0.276 e. The van der Waals surface area contributed by atoms with E-state index in [9.17, 15) is 19.2 Å². The summed E-state index contributed by atoms with van der Waals surface area (Å²) in [6, 6.07) is 9.96. The number of methoxy groups -OCH3 is 1. The molecule has 4 amide bonds. The van der Waals surface area contributed by atoms with Crippen LogP contribution in [0.5, 0.6) is 11.5 Å². The quantitative estimate of drug-likeness (QED) is 0.0616. The van der Waals surface area contributed by atoms with E-state index in [0.717, 1.165) is 19.5 Å². The fourth-order valence-corrected chi connectivity index (χ4v) is 8.28. The van der Waals surface area contributed by atoms with Crippen LogP contribution in [0.4, 0.5) is 11.9 Å². The zero-order chi connectivity index (χ0) is 49.9. The number of hydrogen-bond acceptors (Lipinski definition) is 13. The number of rotatable bonds is 21. The van der Waals surface area contributed by atoms with Gasteiger partial charge in [-0.1, -0.05) is 32.1 Å². The van der Waals surface area contributed by atoms with Crippen LogP contribution in [-0.4, -0.2) is 127 Å². The average Bonchev–Trinajstić information content (AvgIpc) is 4.16. The van der Waals surface area contributed by atoms with Crippen LogP contribution >= 0.6 is 0 Å². The van der Waals surface area contributed by atoms with Gasteiger partial charge in [0.2, 0.25) is 23.7 Å². The maximum atomic E-state index is 13.9. The van der Waals surface area contributed by atoms with Crippen LogP contribution in [0.3, 0.4) is 0 Å². The number of carbonyl (C=O) groups excluding carboxylic acids is 4. The lowest BCUT2D eigenvalue weighted by atomic mass is 10.1. The van der Waals surface area contributed by atoms with Crippen molar-refractivity contribution in [3.8, 4) is 11.5 Å². The summed E-state index contributed by atoms with van der Waals surface area (Å²) in [6.45, 7) is 14.9. The minimum absolute atomic E-state index is 0.118. The molecule has 4 aromatic heterocycles. The third-order valence-corrected chi connectivity index (χ3v) is 11.5. The van der Waals surface area contributed by atoms with Gasteiger partial charge in [0.25, 0.3) is 11.8 Å². The largest absolute Gasteiger partial charge is 0.494 e. The van der Waals surface area contributed by atoms with Gasteiger partial charge in [-0.05, 0) is 90.7 Å². The number of carbonyl (C=O) groups is 4. The number of nitrogens with two attached hydrogens (primary N) is 2. The first-order chi connectivity index (χ1) is 33.2. The van der Waals surface area contributed by atoms with Crippen LogP contribution in [0.2, 0.25) is 0 Å². The molecule has 2 unspecified atom stereocenters. The number of aromatic nitrogens is 8. The van der Waals surface area contributed by atoms with Crippen LogP contribution in [0, 0.1) is 13.8 Å². The molecule has 368 valence electrons. The minimum atomic E-state index is -0.681. The second-order valence-electron chi connectivity index (χ2n) is 16.2. The molecule has 0 saturated carbocycles. The lowest BCUT2D eigenvalue weighted by molar-refractivity contribution is 0.0819. The third-order valence-electron chi connectivity index (χ3n) is 11.5. The topological polar surface area (TPSA) is 259 Å². The van der Waals surface area contributed by atoms with Gasteiger partial charge >= 0.3 is 0 Å². The number of allylic oxidation sites excluding steroid dienone is 2. The Morgan fingerprint density at radius 3 is 1.71 bits per heavy atom. The highest BCUT2D eigenvalue weighted by atomic mass is 16.5. The van der Waals surface area contributed by atoms with E-state index in [-0.39, 0.29) is 48.8 Å². The highest BCUT2D eigenvalue weighted by Gasteiger charge is 2.29. The first-order valence-corrected chi connectivity index (χ1v) is 23.1. The molecule has 0 aliphatic carbocycles. The lowest BCUT2D eigenvalue weighted by Gasteiger charge is -2.17. The standard InChI is InChI=1S/C46H58N14O7.C2H6/c1-8-59-35(18-27(3)54-59)43(63)52-45-50-33-20-29(41(47)61)22-37(65-7)39(33)57(45)14-10-11-15-58-40-34(51-46(58)53-44(64)36-19-28(4)55-60(36)9-2)21-30(42(48)62)23-38(40)67-17-13-12-16-66-32-24-31(25-49-5)56(6)26-32;1-2/h10-13,18-23,31-32,49H,8-9,14-17,24-26H2,1-7H3,(H2,47,61)(H2,48,62)(H,50,52,63)(H,51,53,64);1-2H3/b11-10+,13-12+;. The second kappa shape index (κ2) is 23.1. The van der Waals surface area contributed by atoms with Crippen molar-refractivity contribution in [1.29, 1.82) is 0 Å². The summed E-state index contributed by atoms with van der Waals surface area (Å²) in [5.74, 6) is -1.27. The van der Waals surface area contributed by atoms with E-state index in [2.05, 4.69) is 38.1 Å².